The van der Waals surface area contributed by atoms with Gasteiger partial charge in [-0.25, -0.2) is 8.42 Å². The Hall–Kier alpha value is -1.84. The zero-order valence-electron chi connectivity index (χ0n) is 15.7. The van der Waals surface area contributed by atoms with Crippen LogP contribution in [0.4, 0.5) is 5.69 Å². The molecule has 1 fully saturated rings. The fraction of sp³-hybridized carbons (Fsp3) is 0.316. The van der Waals surface area contributed by atoms with Crippen molar-refractivity contribution in [2.75, 3.05) is 38.7 Å². The molecule has 2 aromatic rings. The van der Waals surface area contributed by atoms with Gasteiger partial charge in [-0.3, -0.25) is 4.79 Å². The summed E-state index contributed by atoms with van der Waals surface area (Å²) in [7, 11) is -2.37. The number of carbonyl (C=O) groups is 1. The van der Waals surface area contributed by atoms with E-state index in [1.807, 2.05) is 0 Å². The number of nitrogens with zero attached hydrogens (tertiary/aromatic N) is 1. The lowest BCUT2D eigenvalue weighted by Crippen LogP contribution is -2.40. The van der Waals surface area contributed by atoms with Crippen LogP contribution in [0.5, 0.6) is 5.75 Å². The van der Waals surface area contributed by atoms with Crippen molar-refractivity contribution < 1.29 is 22.7 Å². The highest BCUT2D eigenvalue weighted by Gasteiger charge is 2.29. The van der Waals surface area contributed by atoms with Crippen LogP contribution in [0, 0.1) is 0 Å². The third kappa shape index (κ3) is 5.21. The molecule has 0 aliphatic carbocycles. The van der Waals surface area contributed by atoms with E-state index in [4.69, 9.17) is 32.7 Å². The molecule has 1 aliphatic heterocycles. The van der Waals surface area contributed by atoms with Crippen LogP contribution in [0.2, 0.25) is 10.0 Å². The number of morpholine rings is 1. The van der Waals surface area contributed by atoms with Gasteiger partial charge in [0.1, 0.15) is 10.6 Å². The summed E-state index contributed by atoms with van der Waals surface area (Å²) in [6.45, 7) is 1.22. The molecule has 10 heteroatoms. The Morgan fingerprint density at radius 3 is 2.55 bits per heavy atom. The monoisotopic (exact) mass is 458 g/mol. The van der Waals surface area contributed by atoms with Crippen LogP contribution in [0.3, 0.4) is 0 Å². The lowest BCUT2D eigenvalue weighted by molar-refractivity contribution is -0.115. The summed E-state index contributed by atoms with van der Waals surface area (Å²) >= 11 is 11.9. The number of methoxy groups -OCH3 is 1. The van der Waals surface area contributed by atoms with Crippen molar-refractivity contribution in [1.82, 2.24) is 4.31 Å². The molecular weight excluding hydrogens is 439 g/mol. The molecule has 1 N–H and O–H groups in total. The number of anilines is 1. The average molecular weight is 459 g/mol. The Balaban J connectivity index is 1.81. The topological polar surface area (TPSA) is 84.9 Å². The average Bonchev–Trinajstić information content (AvgIpc) is 2.70. The van der Waals surface area contributed by atoms with E-state index in [1.165, 1.54) is 23.5 Å². The normalized spacial score (nSPS) is 15.1. The van der Waals surface area contributed by atoms with Gasteiger partial charge in [-0.1, -0.05) is 29.3 Å². The van der Waals surface area contributed by atoms with Gasteiger partial charge in [0, 0.05) is 18.1 Å². The van der Waals surface area contributed by atoms with Gasteiger partial charge in [0.2, 0.25) is 15.9 Å². The smallest absolute Gasteiger partial charge is 0.246 e. The number of ether oxygens (including phenoxy) is 2. The summed E-state index contributed by atoms with van der Waals surface area (Å²) in [6.07, 6.45) is -0.0332. The number of hydrogen-bond acceptors (Lipinski definition) is 5. The fourth-order valence-electron chi connectivity index (χ4n) is 2.93. The lowest BCUT2D eigenvalue weighted by atomic mass is 10.1. The fourth-order valence-corrected chi connectivity index (χ4v) is 5.00. The first-order valence-electron chi connectivity index (χ1n) is 8.81. The van der Waals surface area contributed by atoms with Crippen molar-refractivity contribution in [3.63, 3.8) is 0 Å². The molecule has 3 rings (SSSR count). The van der Waals surface area contributed by atoms with E-state index in [1.54, 1.807) is 24.3 Å². The molecule has 0 unspecified atom stereocenters. The van der Waals surface area contributed by atoms with Crippen molar-refractivity contribution in [2.45, 2.75) is 11.3 Å². The summed E-state index contributed by atoms with van der Waals surface area (Å²) in [6, 6.07) is 9.41. The zero-order valence-corrected chi connectivity index (χ0v) is 18.0. The van der Waals surface area contributed by atoms with Crippen molar-refractivity contribution in [1.29, 1.82) is 0 Å². The predicted octanol–water partition coefficient (Wildman–Crippen LogP) is 3.20. The van der Waals surface area contributed by atoms with Crippen LogP contribution in [-0.2, 0) is 26.0 Å². The molecule has 0 bridgehead atoms. The summed E-state index contributed by atoms with van der Waals surface area (Å²) in [4.78, 5) is 12.5. The van der Waals surface area contributed by atoms with E-state index >= 15 is 0 Å². The largest absolute Gasteiger partial charge is 0.495 e. The van der Waals surface area contributed by atoms with Gasteiger partial charge < -0.3 is 14.8 Å². The highest BCUT2D eigenvalue weighted by atomic mass is 35.5. The van der Waals surface area contributed by atoms with Crippen molar-refractivity contribution in [3.05, 3.63) is 52.0 Å². The van der Waals surface area contributed by atoms with Crippen LogP contribution in [0.1, 0.15) is 5.56 Å². The van der Waals surface area contributed by atoms with Crippen LogP contribution in [0.15, 0.2) is 41.3 Å². The molecule has 1 aliphatic rings. The quantitative estimate of drug-likeness (QED) is 0.717. The second-order valence-electron chi connectivity index (χ2n) is 6.35. The van der Waals surface area contributed by atoms with E-state index in [2.05, 4.69) is 5.32 Å². The standard InChI is InChI=1S/C19H20Cl2N2O5S/c1-27-17-5-2-13(10-18(17)29(25,26)23-6-8-28-9-7-23)11-19(24)22-16-4-3-14(20)12-15(16)21/h2-5,10,12H,6-9,11H2,1H3,(H,22,24). The SMILES string of the molecule is COc1ccc(CC(=O)Nc2ccc(Cl)cc2Cl)cc1S(=O)(=O)N1CCOCC1. The maximum atomic E-state index is 13.0. The van der Waals surface area contributed by atoms with Gasteiger partial charge in [0.25, 0.3) is 0 Å². The molecule has 1 amide bonds. The predicted molar refractivity (Wildman–Crippen MR) is 111 cm³/mol. The van der Waals surface area contributed by atoms with Crippen molar-refractivity contribution in [3.8, 4) is 5.75 Å². The highest BCUT2D eigenvalue weighted by molar-refractivity contribution is 7.89. The van der Waals surface area contributed by atoms with Gasteiger partial charge in [-0.2, -0.15) is 4.31 Å². The lowest BCUT2D eigenvalue weighted by Gasteiger charge is -2.26. The van der Waals surface area contributed by atoms with Crippen molar-refractivity contribution >= 4 is 44.8 Å². The molecule has 156 valence electrons. The first-order chi connectivity index (χ1) is 13.8. The maximum absolute atomic E-state index is 13.0. The van der Waals surface area contributed by atoms with Gasteiger partial charge in [-0.15, -0.1) is 0 Å². The van der Waals surface area contributed by atoms with Crippen LogP contribution < -0.4 is 10.1 Å². The molecular formula is C19H20Cl2N2O5S. The molecule has 0 atom stereocenters. The molecule has 29 heavy (non-hydrogen) atoms. The Morgan fingerprint density at radius 1 is 1.17 bits per heavy atom. The Labute approximate surface area is 179 Å². The number of nitrogens with one attached hydrogen (secondary N) is 1. The van der Waals surface area contributed by atoms with Gasteiger partial charge in [-0.05, 0) is 35.9 Å². The molecule has 7 nitrogen and oxygen atoms in total. The van der Waals surface area contributed by atoms with E-state index < -0.39 is 10.0 Å². The third-order valence-electron chi connectivity index (χ3n) is 4.39. The number of halogens is 2. The van der Waals surface area contributed by atoms with Crippen LogP contribution in [-0.4, -0.2) is 52.0 Å². The number of sulfonamides is 1. The van der Waals surface area contributed by atoms with Crippen LogP contribution in [0.25, 0.3) is 0 Å². The zero-order chi connectivity index (χ0) is 21.0. The number of benzene rings is 2. The number of rotatable bonds is 6. The van der Waals surface area contributed by atoms with Crippen molar-refractivity contribution in [2.24, 2.45) is 0 Å². The third-order valence-corrected chi connectivity index (χ3v) is 6.85. The van der Waals surface area contributed by atoms with E-state index in [-0.39, 0.29) is 36.1 Å². The molecule has 1 saturated heterocycles. The summed E-state index contributed by atoms with van der Waals surface area (Å²) < 4.78 is 37.9. The summed E-state index contributed by atoms with van der Waals surface area (Å²) in [5.74, 6) is -0.115. The van der Waals surface area contributed by atoms with E-state index in [0.29, 0.717) is 34.5 Å². The Morgan fingerprint density at radius 2 is 1.90 bits per heavy atom. The number of amides is 1. The molecule has 2 aromatic carbocycles. The summed E-state index contributed by atoms with van der Waals surface area (Å²) in [5, 5.41) is 3.47. The second kappa shape index (κ2) is 9.32. The minimum Gasteiger partial charge on any atom is -0.495 e. The minimum atomic E-state index is -3.77. The number of carbonyl (C=O) groups excluding carboxylic acids is 1. The first-order valence-corrected chi connectivity index (χ1v) is 11.0. The Kier molecular flexibility index (Phi) is 7.02. The molecule has 1 heterocycles. The first kappa shape index (κ1) is 21.9. The summed E-state index contributed by atoms with van der Waals surface area (Å²) in [5.41, 5.74) is 0.955. The molecule has 0 spiro atoms. The van der Waals surface area contributed by atoms with Gasteiger partial charge in [0.05, 0.1) is 37.5 Å². The number of hydrogen-bond donors (Lipinski definition) is 1. The second-order valence-corrected chi connectivity index (χ2v) is 9.10. The van der Waals surface area contributed by atoms with Gasteiger partial charge in [0.15, 0.2) is 0 Å². The minimum absolute atomic E-state index is 0.0247. The van der Waals surface area contributed by atoms with E-state index in [9.17, 15) is 13.2 Å². The molecule has 0 aromatic heterocycles. The molecule has 0 saturated carbocycles. The molecule has 0 radical (unpaired) electrons. The maximum Gasteiger partial charge on any atom is 0.246 e. The van der Waals surface area contributed by atoms with E-state index in [0.717, 1.165) is 0 Å². The van der Waals surface area contributed by atoms with Crippen LogP contribution >= 0.6 is 23.2 Å². The van der Waals surface area contributed by atoms with Gasteiger partial charge >= 0.3 is 0 Å². The Bertz CT molecular complexity index is 1010. The highest BCUT2D eigenvalue weighted by Crippen LogP contribution is 2.29.